The molecule has 4 rings (SSSR count). The lowest BCUT2D eigenvalue weighted by Crippen LogP contribution is -1.95. The van der Waals surface area contributed by atoms with E-state index in [1.807, 2.05) is 35.2 Å². The van der Waals surface area contributed by atoms with Crippen LogP contribution in [0.2, 0.25) is 0 Å². The summed E-state index contributed by atoms with van der Waals surface area (Å²) in [5.74, 6) is 0. The SMILES string of the molecule is CSc1nn(-c2ccccc2)c2cc(C=Cn3cncn3)ccc12. The van der Waals surface area contributed by atoms with Gasteiger partial charge >= 0.3 is 0 Å². The fraction of sp³-hybridized carbons (Fsp3) is 0.0556. The van der Waals surface area contributed by atoms with Gasteiger partial charge in [-0.25, -0.2) is 14.3 Å². The zero-order valence-corrected chi connectivity index (χ0v) is 13.9. The van der Waals surface area contributed by atoms with Crippen LogP contribution in [-0.4, -0.2) is 30.8 Å². The number of hydrogen-bond acceptors (Lipinski definition) is 4. The molecule has 0 bridgehead atoms. The highest BCUT2D eigenvalue weighted by Gasteiger charge is 2.11. The second-order valence-electron chi connectivity index (χ2n) is 5.22. The van der Waals surface area contributed by atoms with E-state index in [1.54, 1.807) is 22.8 Å². The third-order valence-electron chi connectivity index (χ3n) is 3.72. The van der Waals surface area contributed by atoms with Gasteiger partial charge in [-0.1, -0.05) is 24.3 Å². The van der Waals surface area contributed by atoms with Gasteiger partial charge < -0.3 is 0 Å². The first kappa shape index (κ1) is 14.7. The van der Waals surface area contributed by atoms with E-state index in [9.17, 15) is 0 Å². The van der Waals surface area contributed by atoms with E-state index in [4.69, 9.17) is 5.10 Å². The normalized spacial score (nSPS) is 11.5. The molecule has 118 valence electrons. The van der Waals surface area contributed by atoms with Crippen LogP contribution in [-0.2, 0) is 0 Å². The minimum Gasteiger partial charge on any atom is -0.232 e. The Kier molecular flexibility index (Phi) is 3.88. The Balaban J connectivity index is 1.83. The molecule has 0 fully saturated rings. The van der Waals surface area contributed by atoms with Crippen molar-refractivity contribution in [2.24, 2.45) is 0 Å². The van der Waals surface area contributed by atoms with Crippen molar-refractivity contribution in [3.63, 3.8) is 0 Å². The number of thioether (sulfide) groups is 1. The molecule has 0 unspecified atom stereocenters. The monoisotopic (exact) mass is 333 g/mol. The maximum Gasteiger partial charge on any atom is 0.138 e. The summed E-state index contributed by atoms with van der Waals surface area (Å²) in [5.41, 5.74) is 3.23. The standard InChI is InChI=1S/C18H15N5S/c1-24-18-16-8-7-14(9-10-22-13-19-12-20-22)11-17(16)23(21-18)15-5-3-2-4-6-15/h2-13H,1H3. The van der Waals surface area contributed by atoms with Crippen LogP contribution in [0.4, 0.5) is 0 Å². The molecule has 0 N–H and O–H groups in total. The van der Waals surface area contributed by atoms with Crippen LogP contribution in [0, 0.1) is 0 Å². The van der Waals surface area contributed by atoms with E-state index < -0.39 is 0 Å². The predicted molar refractivity (Wildman–Crippen MR) is 98.1 cm³/mol. The Morgan fingerprint density at radius 3 is 2.71 bits per heavy atom. The molecule has 24 heavy (non-hydrogen) atoms. The van der Waals surface area contributed by atoms with E-state index in [-0.39, 0.29) is 0 Å². The molecule has 0 amide bonds. The molecule has 0 saturated heterocycles. The van der Waals surface area contributed by atoms with Crippen molar-refractivity contribution in [1.29, 1.82) is 0 Å². The van der Waals surface area contributed by atoms with Gasteiger partial charge in [-0.05, 0) is 42.2 Å². The lowest BCUT2D eigenvalue weighted by molar-refractivity contribution is 0.861. The molecule has 0 aliphatic heterocycles. The van der Waals surface area contributed by atoms with E-state index in [0.29, 0.717) is 0 Å². The lowest BCUT2D eigenvalue weighted by Gasteiger charge is -2.03. The molecule has 0 radical (unpaired) electrons. The first-order chi connectivity index (χ1) is 11.8. The van der Waals surface area contributed by atoms with Gasteiger partial charge in [0.05, 0.1) is 11.2 Å². The molecule has 2 aromatic heterocycles. The minimum atomic E-state index is 1.03. The van der Waals surface area contributed by atoms with E-state index in [0.717, 1.165) is 27.2 Å². The maximum absolute atomic E-state index is 4.76. The smallest absolute Gasteiger partial charge is 0.138 e. The summed E-state index contributed by atoms with van der Waals surface area (Å²) in [6, 6.07) is 16.5. The highest BCUT2D eigenvalue weighted by atomic mass is 32.2. The van der Waals surface area contributed by atoms with Gasteiger partial charge in [-0.3, -0.25) is 0 Å². The number of aromatic nitrogens is 5. The van der Waals surface area contributed by atoms with Crippen LogP contribution in [0.5, 0.6) is 0 Å². The zero-order valence-electron chi connectivity index (χ0n) is 13.1. The first-order valence-electron chi connectivity index (χ1n) is 7.49. The number of para-hydroxylation sites is 1. The Hall–Kier alpha value is -2.86. The van der Waals surface area contributed by atoms with Crippen molar-refractivity contribution in [3.8, 4) is 5.69 Å². The summed E-state index contributed by atoms with van der Waals surface area (Å²) in [6.45, 7) is 0. The van der Waals surface area contributed by atoms with Crippen molar-refractivity contribution < 1.29 is 0 Å². The van der Waals surface area contributed by atoms with Gasteiger partial charge in [-0.15, -0.1) is 11.8 Å². The van der Waals surface area contributed by atoms with E-state index >= 15 is 0 Å². The molecule has 0 spiro atoms. The van der Waals surface area contributed by atoms with Crippen LogP contribution in [0.3, 0.4) is 0 Å². The van der Waals surface area contributed by atoms with Gasteiger partial charge in [0, 0.05) is 11.6 Å². The van der Waals surface area contributed by atoms with Crippen molar-refractivity contribution in [1.82, 2.24) is 24.5 Å². The largest absolute Gasteiger partial charge is 0.232 e. The van der Waals surface area contributed by atoms with Gasteiger partial charge in [-0.2, -0.15) is 10.2 Å². The molecule has 2 heterocycles. The van der Waals surface area contributed by atoms with E-state index in [1.165, 1.54) is 6.33 Å². The third kappa shape index (κ3) is 2.72. The highest BCUT2D eigenvalue weighted by molar-refractivity contribution is 7.98. The molecule has 5 nitrogen and oxygen atoms in total. The molecular weight excluding hydrogens is 318 g/mol. The van der Waals surface area contributed by atoms with Crippen LogP contribution < -0.4 is 0 Å². The summed E-state index contributed by atoms with van der Waals surface area (Å²) in [7, 11) is 0. The summed E-state index contributed by atoms with van der Waals surface area (Å²) in [6.07, 6.45) is 9.12. The number of hydrogen-bond donors (Lipinski definition) is 0. The number of rotatable bonds is 4. The Morgan fingerprint density at radius 1 is 1.08 bits per heavy atom. The van der Waals surface area contributed by atoms with Gasteiger partial charge in [0.1, 0.15) is 17.7 Å². The average molecular weight is 333 g/mol. The van der Waals surface area contributed by atoms with Gasteiger partial charge in [0.25, 0.3) is 0 Å². The Bertz CT molecular complexity index is 987. The molecule has 0 atom stereocenters. The van der Waals surface area contributed by atoms with Crippen LogP contribution in [0.1, 0.15) is 5.56 Å². The van der Waals surface area contributed by atoms with Crippen molar-refractivity contribution in [2.75, 3.05) is 6.26 Å². The molecule has 6 heteroatoms. The van der Waals surface area contributed by atoms with E-state index in [2.05, 4.69) is 46.7 Å². The van der Waals surface area contributed by atoms with Crippen LogP contribution in [0.15, 0.2) is 66.2 Å². The fourth-order valence-electron chi connectivity index (χ4n) is 2.58. The fourth-order valence-corrected chi connectivity index (χ4v) is 3.14. The predicted octanol–water partition coefficient (Wildman–Crippen LogP) is 3.97. The Morgan fingerprint density at radius 2 is 1.96 bits per heavy atom. The zero-order chi connectivity index (χ0) is 16.4. The quantitative estimate of drug-likeness (QED) is 0.530. The minimum absolute atomic E-state index is 1.03. The maximum atomic E-state index is 4.76. The Labute approximate surface area is 143 Å². The van der Waals surface area contributed by atoms with Gasteiger partial charge in [0.15, 0.2) is 0 Å². The lowest BCUT2D eigenvalue weighted by atomic mass is 10.1. The molecule has 2 aromatic carbocycles. The average Bonchev–Trinajstić information content (AvgIpc) is 3.28. The second-order valence-corrected chi connectivity index (χ2v) is 6.02. The molecular formula is C18H15N5S. The number of fused-ring (bicyclic) bond motifs is 1. The van der Waals surface area contributed by atoms with Crippen LogP contribution >= 0.6 is 11.8 Å². The summed E-state index contributed by atoms with van der Waals surface area (Å²) in [5, 5.41) is 11.0. The number of nitrogens with zero attached hydrogens (tertiary/aromatic N) is 5. The van der Waals surface area contributed by atoms with Crippen LogP contribution in [0.25, 0.3) is 28.9 Å². The summed E-state index contributed by atoms with van der Waals surface area (Å²) >= 11 is 1.66. The first-order valence-corrected chi connectivity index (χ1v) is 8.72. The molecule has 0 saturated carbocycles. The van der Waals surface area contributed by atoms with Gasteiger partial charge in [0.2, 0.25) is 0 Å². The summed E-state index contributed by atoms with van der Waals surface area (Å²) in [4.78, 5) is 3.94. The molecule has 4 aromatic rings. The van der Waals surface area contributed by atoms with Crippen molar-refractivity contribution in [2.45, 2.75) is 5.03 Å². The van der Waals surface area contributed by atoms with Crippen molar-refractivity contribution >= 4 is 34.9 Å². The summed E-state index contributed by atoms with van der Waals surface area (Å²) < 4.78 is 3.67. The third-order valence-corrected chi connectivity index (χ3v) is 4.41. The second kappa shape index (κ2) is 6.33. The molecule has 0 aliphatic carbocycles. The van der Waals surface area contributed by atoms with Crippen molar-refractivity contribution in [3.05, 3.63) is 66.7 Å². The molecule has 0 aliphatic rings. The number of benzene rings is 2. The highest BCUT2D eigenvalue weighted by Crippen LogP contribution is 2.29. The topological polar surface area (TPSA) is 48.5 Å².